The molecule has 1 aromatic rings. The third-order valence-electron chi connectivity index (χ3n) is 2.60. The van der Waals surface area contributed by atoms with Crippen LogP contribution in [0.2, 0.25) is 5.02 Å². The molecule has 0 aliphatic heterocycles. The average Bonchev–Trinajstić information content (AvgIpc) is 2.37. The quantitative estimate of drug-likeness (QED) is 0.754. The molecule has 0 spiro atoms. The van der Waals surface area contributed by atoms with E-state index in [1.54, 1.807) is 30.3 Å². The minimum absolute atomic E-state index is 0.0670. The lowest BCUT2D eigenvalue weighted by molar-refractivity contribution is -0.141. The van der Waals surface area contributed by atoms with E-state index in [1.807, 2.05) is 0 Å². The number of hydrogen-bond acceptors (Lipinski definition) is 2. The lowest BCUT2D eigenvalue weighted by atomic mass is 10.1. The Labute approximate surface area is 117 Å². The maximum Gasteiger partial charge on any atom is 0.326 e. The molecule has 2 N–H and O–H groups in total. The molecule has 19 heavy (non-hydrogen) atoms. The Kier molecular flexibility index (Phi) is 6.09. The minimum Gasteiger partial charge on any atom is -0.480 e. The average molecular weight is 282 g/mol. The summed E-state index contributed by atoms with van der Waals surface area (Å²) in [7, 11) is 0. The first-order valence-electron chi connectivity index (χ1n) is 5.91. The van der Waals surface area contributed by atoms with E-state index in [9.17, 15) is 9.59 Å². The molecule has 0 aliphatic carbocycles. The van der Waals surface area contributed by atoms with Crippen LogP contribution >= 0.6 is 11.6 Å². The third-order valence-corrected chi connectivity index (χ3v) is 2.97. The van der Waals surface area contributed by atoms with Crippen molar-refractivity contribution in [3.8, 4) is 0 Å². The van der Waals surface area contributed by atoms with Gasteiger partial charge >= 0.3 is 5.97 Å². The number of rotatable bonds is 7. The topological polar surface area (TPSA) is 66.4 Å². The summed E-state index contributed by atoms with van der Waals surface area (Å²) in [4.78, 5) is 22.8. The van der Waals surface area contributed by atoms with E-state index < -0.39 is 12.0 Å². The van der Waals surface area contributed by atoms with Gasteiger partial charge in [-0.2, -0.15) is 0 Å². The lowest BCUT2D eigenvalue weighted by Crippen LogP contribution is -2.41. The van der Waals surface area contributed by atoms with Crippen molar-refractivity contribution in [1.82, 2.24) is 5.32 Å². The van der Waals surface area contributed by atoms with Gasteiger partial charge in [0.2, 0.25) is 5.91 Å². The van der Waals surface area contributed by atoms with Gasteiger partial charge in [-0.1, -0.05) is 35.9 Å². The Balaban J connectivity index is 2.60. The number of carbonyl (C=O) groups excluding carboxylic acids is 1. The molecule has 0 saturated carbocycles. The fraction of sp³-hybridized carbons (Fsp3) is 0.286. The summed E-state index contributed by atoms with van der Waals surface area (Å²) in [6, 6.07) is 6.08. The second kappa shape index (κ2) is 7.59. The van der Waals surface area contributed by atoms with Gasteiger partial charge in [0.1, 0.15) is 6.04 Å². The zero-order chi connectivity index (χ0) is 14.3. The molecule has 1 aromatic carbocycles. The van der Waals surface area contributed by atoms with Crippen LogP contribution in [-0.4, -0.2) is 23.0 Å². The zero-order valence-corrected chi connectivity index (χ0v) is 11.2. The summed E-state index contributed by atoms with van der Waals surface area (Å²) < 4.78 is 0. The highest BCUT2D eigenvalue weighted by atomic mass is 35.5. The van der Waals surface area contributed by atoms with Crippen LogP contribution in [0.15, 0.2) is 36.9 Å². The Bertz CT molecular complexity index is 474. The summed E-state index contributed by atoms with van der Waals surface area (Å²) >= 11 is 5.94. The number of hydrogen-bond donors (Lipinski definition) is 2. The van der Waals surface area contributed by atoms with E-state index in [-0.39, 0.29) is 12.3 Å². The smallest absolute Gasteiger partial charge is 0.326 e. The number of carboxylic acid groups (broad SMARTS) is 1. The maximum absolute atomic E-state index is 11.8. The highest BCUT2D eigenvalue weighted by molar-refractivity contribution is 6.31. The maximum atomic E-state index is 11.8. The first kappa shape index (κ1) is 15.2. The van der Waals surface area contributed by atoms with E-state index >= 15 is 0 Å². The first-order chi connectivity index (χ1) is 9.04. The van der Waals surface area contributed by atoms with Crippen molar-refractivity contribution >= 4 is 23.5 Å². The van der Waals surface area contributed by atoms with Gasteiger partial charge in [-0.05, 0) is 24.5 Å². The fourth-order valence-corrected chi connectivity index (χ4v) is 1.80. The second-order valence-corrected chi connectivity index (χ2v) is 4.50. The van der Waals surface area contributed by atoms with Crippen molar-refractivity contribution in [2.45, 2.75) is 25.3 Å². The van der Waals surface area contributed by atoms with Crippen molar-refractivity contribution in [3.05, 3.63) is 47.5 Å². The molecule has 0 saturated heterocycles. The SMILES string of the molecule is C=CCCC(NC(=O)Cc1ccccc1Cl)C(=O)O. The standard InChI is InChI=1S/C14H16ClNO3/c1-2-3-8-12(14(18)19)16-13(17)9-10-6-4-5-7-11(10)15/h2,4-7,12H,1,3,8-9H2,(H,16,17)(H,18,19). The highest BCUT2D eigenvalue weighted by Gasteiger charge is 2.19. The number of benzene rings is 1. The van der Waals surface area contributed by atoms with Gasteiger partial charge in [0.15, 0.2) is 0 Å². The number of nitrogens with one attached hydrogen (secondary N) is 1. The molecule has 1 atom stereocenters. The van der Waals surface area contributed by atoms with Gasteiger partial charge in [-0.25, -0.2) is 4.79 Å². The summed E-state index contributed by atoms with van der Waals surface area (Å²) in [5.74, 6) is -1.40. The van der Waals surface area contributed by atoms with Crippen LogP contribution in [0.1, 0.15) is 18.4 Å². The van der Waals surface area contributed by atoms with E-state index in [1.165, 1.54) is 0 Å². The van der Waals surface area contributed by atoms with Crippen molar-refractivity contribution in [2.75, 3.05) is 0 Å². The number of carbonyl (C=O) groups is 2. The van der Waals surface area contributed by atoms with Gasteiger partial charge in [0.25, 0.3) is 0 Å². The molecule has 0 aliphatic rings. The molecule has 1 rings (SSSR count). The van der Waals surface area contributed by atoms with E-state index in [4.69, 9.17) is 16.7 Å². The minimum atomic E-state index is -1.05. The van der Waals surface area contributed by atoms with Gasteiger partial charge in [-0.15, -0.1) is 6.58 Å². The van der Waals surface area contributed by atoms with Crippen molar-refractivity contribution in [3.63, 3.8) is 0 Å². The summed E-state index contributed by atoms with van der Waals surface area (Å²) in [5.41, 5.74) is 0.675. The van der Waals surface area contributed by atoms with Crippen LogP contribution in [0.3, 0.4) is 0 Å². The number of carboxylic acids is 1. The van der Waals surface area contributed by atoms with E-state index in [0.717, 1.165) is 0 Å². The van der Waals surface area contributed by atoms with Crippen LogP contribution < -0.4 is 5.32 Å². The normalized spacial score (nSPS) is 11.6. The molecule has 0 aromatic heterocycles. The summed E-state index contributed by atoms with van der Waals surface area (Å²) in [6.07, 6.45) is 2.55. The first-order valence-corrected chi connectivity index (χ1v) is 6.29. The molecule has 1 amide bonds. The highest BCUT2D eigenvalue weighted by Crippen LogP contribution is 2.15. The largest absolute Gasteiger partial charge is 0.480 e. The molecule has 0 heterocycles. The van der Waals surface area contributed by atoms with Crippen molar-refractivity contribution in [1.29, 1.82) is 0 Å². The number of halogens is 1. The third kappa shape index (κ3) is 5.14. The monoisotopic (exact) mass is 281 g/mol. The van der Waals surface area contributed by atoms with Crippen molar-refractivity contribution in [2.24, 2.45) is 0 Å². The lowest BCUT2D eigenvalue weighted by Gasteiger charge is -2.13. The summed E-state index contributed by atoms with van der Waals surface area (Å²) in [6.45, 7) is 3.53. The van der Waals surface area contributed by atoms with Gasteiger partial charge < -0.3 is 10.4 Å². The van der Waals surface area contributed by atoms with Crippen LogP contribution in [0.25, 0.3) is 0 Å². The van der Waals surface area contributed by atoms with Gasteiger partial charge in [0.05, 0.1) is 6.42 Å². The Morgan fingerprint density at radius 3 is 2.68 bits per heavy atom. The second-order valence-electron chi connectivity index (χ2n) is 4.09. The number of aliphatic carboxylic acids is 1. The molecule has 5 heteroatoms. The van der Waals surface area contributed by atoms with Crippen LogP contribution in [-0.2, 0) is 16.0 Å². The van der Waals surface area contributed by atoms with Gasteiger partial charge in [-0.3, -0.25) is 4.79 Å². The Hall–Kier alpha value is -1.81. The van der Waals surface area contributed by atoms with E-state index in [2.05, 4.69) is 11.9 Å². The molecule has 4 nitrogen and oxygen atoms in total. The summed E-state index contributed by atoms with van der Waals surface area (Å²) in [5, 5.41) is 12.0. The molecule has 102 valence electrons. The molecule has 0 radical (unpaired) electrons. The van der Waals surface area contributed by atoms with Crippen molar-refractivity contribution < 1.29 is 14.7 Å². The predicted molar refractivity (Wildman–Crippen MR) is 74.2 cm³/mol. The molecule has 1 unspecified atom stereocenters. The molecule has 0 fully saturated rings. The predicted octanol–water partition coefficient (Wildman–Crippen LogP) is 2.42. The molecular formula is C14H16ClNO3. The number of amides is 1. The van der Waals surface area contributed by atoms with Crippen LogP contribution in [0.4, 0.5) is 0 Å². The zero-order valence-electron chi connectivity index (χ0n) is 10.4. The van der Waals surface area contributed by atoms with Gasteiger partial charge in [0, 0.05) is 5.02 Å². The number of allylic oxidation sites excluding steroid dienone is 1. The van der Waals surface area contributed by atoms with Crippen LogP contribution in [0.5, 0.6) is 0 Å². The fourth-order valence-electron chi connectivity index (χ4n) is 1.60. The molecular weight excluding hydrogens is 266 g/mol. The Morgan fingerprint density at radius 2 is 2.11 bits per heavy atom. The van der Waals surface area contributed by atoms with Crippen LogP contribution in [0, 0.1) is 0 Å². The molecule has 0 bridgehead atoms. The Morgan fingerprint density at radius 1 is 1.42 bits per heavy atom. The van der Waals surface area contributed by atoms with E-state index in [0.29, 0.717) is 23.4 Å².